The van der Waals surface area contributed by atoms with Gasteiger partial charge in [-0.2, -0.15) is 0 Å². The van der Waals surface area contributed by atoms with Gasteiger partial charge in [-0.3, -0.25) is 9.59 Å². The molecule has 0 saturated carbocycles. The number of thioether (sulfide) groups is 1. The molecule has 1 heterocycles. The summed E-state index contributed by atoms with van der Waals surface area (Å²) >= 11 is 7.21. The van der Waals surface area contributed by atoms with Gasteiger partial charge in [0.05, 0.1) is 11.8 Å². The third kappa shape index (κ3) is 6.21. The zero-order valence-corrected chi connectivity index (χ0v) is 19.4. The zero-order valence-electron chi connectivity index (χ0n) is 17.8. The van der Waals surface area contributed by atoms with Crippen molar-refractivity contribution in [2.24, 2.45) is 0 Å². The van der Waals surface area contributed by atoms with Crippen LogP contribution in [0.1, 0.15) is 34.7 Å². The van der Waals surface area contributed by atoms with Crippen LogP contribution in [0, 0.1) is 6.92 Å². The number of hydrogen-bond donors (Lipinski definition) is 2. The lowest BCUT2D eigenvalue weighted by Crippen LogP contribution is -2.28. The molecule has 1 aromatic heterocycles. The van der Waals surface area contributed by atoms with Crippen molar-refractivity contribution in [1.29, 1.82) is 0 Å². The van der Waals surface area contributed by atoms with Gasteiger partial charge >= 0.3 is 0 Å². The van der Waals surface area contributed by atoms with Gasteiger partial charge in [0.2, 0.25) is 5.91 Å². The molecule has 2 amide bonds. The lowest BCUT2D eigenvalue weighted by molar-refractivity contribution is -0.113. The number of amides is 2. The fraction of sp³-hybridized carbons (Fsp3) is 0.217. The van der Waals surface area contributed by atoms with Crippen molar-refractivity contribution in [3.63, 3.8) is 0 Å². The number of nitrogens with one attached hydrogen (secondary N) is 2. The summed E-state index contributed by atoms with van der Waals surface area (Å²) in [7, 11) is 0. The number of rotatable bonds is 9. The highest BCUT2D eigenvalue weighted by Gasteiger charge is 2.20. The van der Waals surface area contributed by atoms with E-state index in [9.17, 15) is 9.59 Å². The zero-order chi connectivity index (χ0) is 23.1. The highest BCUT2D eigenvalue weighted by Crippen LogP contribution is 2.22. The van der Waals surface area contributed by atoms with Crippen LogP contribution in [0.15, 0.2) is 66.3 Å². The Morgan fingerprint density at radius 1 is 1.22 bits per heavy atom. The standard InChI is InChI=1S/C23H24ClN5O2S/c1-4-11-29-21(16(3)25-22(31)17-8-5-7-15(2)12-17)27-28-23(29)32-14-20(30)26-19-10-6-9-18(24)13-19/h4-10,12-13,16H,1,11,14H2,2-3H3,(H,25,31)(H,26,30)/t16-/m1/s1. The fourth-order valence-electron chi connectivity index (χ4n) is 3.05. The Balaban J connectivity index is 1.66. The van der Waals surface area contributed by atoms with Crippen LogP contribution in [0.4, 0.5) is 5.69 Å². The molecule has 7 nitrogen and oxygen atoms in total. The number of carbonyl (C=O) groups is 2. The molecule has 0 aliphatic carbocycles. The van der Waals surface area contributed by atoms with Crippen molar-refractivity contribution in [2.45, 2.75) is 31.6 Å². The first kappa shape index (κ1) is 23.6. The van der Waals surface area contributed by atoms with Crippen molar-refractivity contribution >= 4 is 40.9 Å². The van der Waals surface area contributed by atoms with Crippen molar-refractivity contribution < 1.29 is 9.59 Å². The summed E-state index contributed by atoms with van der Waals surface area (Å²) < 4.78 is 1.84. The topological polar surface area (TPSA) is 88.9 Å². The number of nitrogens with zero attached hydrogens (tertiary/aromatic N) is 3. The van der Waals surface area contributed by atoms with Gasteiger partial charge in [-0.25, -0.2) is 0 Å². The number of anilines is 1. The number of allylic oxidation sites excluding steroid dienone is 1. The Morgan fingerprint density at radius 3 is 2.72 bits per heavy atom. The summed E-state index contributed by atoms with van der Waals surface area (Å²) in [6.45, 7) is 8.02. The highest BCUT2D eigenvalue weighted by atomic mass is 35.5. The Kier molecular flexibility index (Phi) is 8.08. The van der Waals surface area contributed by atoms with Gasteiger partial charge in [0.15, 0.2) is 11.0 Å². The number of benzene rings is 2. The fourth-order valence-corrected chi connectivity index (χ4v) is 4.00. The number of aromatic nitrogens is 3. The van der Waals surface area contributed by atoms with Gasteiger partial charge < -0.3 is 15.2 Å². The average Bonchev–Trinajstić information content (AvgIpc) is 3.15. The van der Waals surface area contributed by atoms with Crippen LogP contribution < -0.4 is 10.6 Å². The third-order valence-corrected chi connectivity index (χ3v) is 5.71. The normalized spacial score (nSPS) is 11.6. The summed E-state index contributed by atoms with van der Waals surface area (Å²) in [4.78, 5) is 24.9. The number of halogens is 1. The summed E-state index contributed by atoms with van der Waals surface area (Å²) in [5.41, 5.74) is 2.22. The smallest absolute Gasteiger partial charge is 0.251 e. The maximum atomic E-state index is 12.6. The number of carbonyl (C=O) groups excluding carboxylic acids is 2. The second-order valence-corrected chi connectivity index (χ2v) is 8.53. The summed E-state index contributed by atoms with van der Waals surface area (Å²) in [6.07, 6.45) is 1.72. The molecule has 3 aromatic rings. The lowest BCUT2D eigenvalue weighted by Gasteiger charge is -2.15. The first-order valence-electron chi connectivity index (χ1n) is 9.97. The second-order valence-electron chi connectivity index (χ2n) is 7.15. The maximum Gasteiger partial charge on any atom is 0.251 e. The average molecular weight is 470 g/mol. The molecule has 0 radical (unpaired) electrons. The van der Waals surface area contributed by atoms with Crippen LogP contribution in [0.3, 0.4) is 0 Å². The van der Waals surface area contributed by atoms with E-state index in [0.717, 1.165) is 5.56 Å². The van der Waals surface area contributed by atoms with Crippen LogP contribution in [0.5, 0.6) is 0 Å². The Hall–Kier alpha value is -3.10. The largest absolute Gasteiger partial charge is 0.342 e. The molecule has 0 fully saturated rings. The molecular weight excluding hydrogens is 446 g/mol. The van der Waals surface area contributed by atoms with E-state index in [1.807, 2.05) is 36.6 Å². The molecule has 32 heavy (non-hydrogen) atoms. The minimum Gasteiger partial charge on any atom is -0.342 e. The number of aryl methyl sites for hydroxylation is 1. The molecule has 3 rings (SSSR count). The van der Waals surface area contributed by atoms with Gasteiger partial charge in [-0.1, -0.05) is 53.2 Å². The molecule has 0 saturated heterocycles. The Bertz CT molecular complexity index is 1130. The minimum atomic E-state index is -0.384. The van der Waals surface area contributed by atoms with E-state index < -0.39 is 0 Å². The molecule has 2 N–H and O–H groups in total. The van der Waals surface area contributed by atoms with E-state index >= 15 is 0 Å². The summed E-state index contributed by atoms with van der Waals surface area (Å²) in [5, 5.41) is 15.3. The first-order chi connectivity index (χ1) is 15.4. The van der Waals surface area contributed by atoms with Gasteiger partial charge in [-0.15, -0.1) is 16.8 Å². The third-order valence-electron chi connectivity index (χ3n) is 4.51. The summed E-state index contributed by atoms with van der Waals surface area (Å²) in [6, 6.07) is 14.0. The molecule has 0 spiro atoms. The van der Waals surface area contributed by atoms with Gasteiger partial charge in [-0.05, 0) is 44.2 Å². The van der Waals surface area contributed by atoms with Crippen molar-refractivity contribution in [3.05, 3.63) is 83.2 Å². The van der Waals surface area contributed by atoms with E-state index in [4.69, 9.17) is 11.6 Å². The van der Waals surface area contributed by atoms with E-state index in [2.05, 4.69) is 27.4 Å². The van der Waals surface area contributed by atoms with Gasteiger partial charge in [0.25, 0.3) is 5.91 Å². The summed E-state index contributed by atoms with van der Waals surface area (Å²) in [5.74, 6) is 0.354. The van der Waals surface area contributed by atoms with E-state index in [1.165, 1.54) is 11.8 Å². The molecule has 166 valence electrons. The molecule has 0 aliphatic heterocycles. The van der Waals surface area contributed by atoms with Gasteiger partial charge in [0.1, 0.15) is 0 Å². The van der Waals surface area contributed by atoms with Crippen LogP contribution in [-0.2, 0) is 11.3 Å². The molecule has 2 aromatic carbocycles. The van der Waals surface area contributed by atoms with E-state index in [-0.39, 0.29) is 23.6 Å². The van der Waals surface area contributed by atoms with Crippen LogP contribution >= 0.6 is 23.4 Å². The molecular formula is C23H24ClN5O2S. The predicted molar refractivity (Wildman–Crippen MR) is 128 cm³/mol. The van der Waals surface area contributed by atoms with Gasteiger partial charge in [0, 0.05) is 22.8 Å². The molecule has 9 heteroatoms. The second kappa shape index (κ2) is 11.0. The monoisotopic (exact) mass is 469 g/mol. The molecule has 0 aliphatic rings. The SMILES string of the molecule is C=CCn1c(SCC(=O)Nc2cccc(Cl)c2)nnc1[C@@H](C)NC(=O)c1cccc(C)c1. The Labute approximate surface area is 196 Å². The highest BCUT2D eigenvalue weighted by molar-refractivity contribution is 7.99. The van der Waals surface area contributed by atoms with Crippen LogP contribution in [0.2, 0.25) is 5.02 Å². The molecule has 1 atom stereocenters. The molecule has 0 unspecified atom stereocenters. The van der Waals surface area contributed by atoms with Crippen LogP contribution in [-0.4, -0.2) is 32.3 Å². The Morgan fingerprint density at radius 2 is 2.00 bits per heavy atom. The number of hydrogen-bond acceptors (Lipinski definition) is 5. The lowest BCUT2D eigenvalue weighted by atomic mass is 10.1. The minimum absolute atomic E-state index is 0.145. The predicted octanol–water partition coefficient (Wildman–Crippen LogP) is 4.65. The van der Waals surface area contributed by atoms with E-state index in [1.54, 1.807) is 36.4 Å². The molecule has 0 bridgehead atoms. The van der Waals surface area contributed by atoms with Crippen molar-refractivity contribution in [1.82, 2.24) is 20.1 Å². The van der Waals surface area contributed by atoms with Crippen LogP contribution in [0.25, 0.3) is 0 Å². The quantitative estimate of drug-likeness (QED) is 0.352. The van der Waals surface area contributed by atoms with Crippen molar-refractivity contribution in [2.75, 3.05) is 11.1 Å². The van der Waals surface area contributed by atoms with E-state index in [0.29, 0.717) is 33.8 Å². The first-order valence-corrected chi connectivity index (χ1v) is 11.3. The van der Waals surface area contributed by atoms with Crippen molar-refractivity contribution in [3.8, 4) is 0 Å². The maximum absolute atomic E-state index is 12.6.